The highest BCUT2D eigenvalue weighted by Crippen LogP contribution is 2.44. The van der Waals surface area contributed by atoms with Gasteiger partial charge in [-0.15, -0.1) is 0 Å². The Kier molecular flexibility index (Phi) is 6.54. The number of rotatable bonds is 6. The Morgan fingerprint density at radius 1 is 0.917 bits per heavy atom. The lowest BCUT2D eigenvalue weighted by atomic mass is 9.96. The summed E-state index contributed by atoms with van der Waals surface area (Å²) < 4.78 is 8.21. The molecule has 1 fully saturated rings. The Balaban J connectivity index is 1.63. The molecule has 2 aromatic heterocycles. The molecule has 6 heteroatoms. The number of hydrogen-bond donors (Lipinski definition) is 1. The van der Waals surface area contributed by atoms with E-state index in [1.54, 1.807) is 0 Å². The van der Waals surface area contributed by atoms with Crippen molar-refractivity contribution in [1.82, 2.24) is 14.9 Å². The van der Waals surface area contributed by atoms with Gasteiger partial charge in [-0.3, -0.25) is 4.98 Å². The molecule has 36 heavy (non-hydrogen) atoms. The lowest BCUT2D eigenvalue weighted by molar-refractivity contribution is 0.242. The zero-order valence-electron chi connectivity index (χ0n) is 21.4. The van der Waals surface area contributed by atoms with Crippen LogP contribution in [0, 0.1) is 20.8 Å². The van der Waals surface area contributed by atoms with E-state index in [-0.39, 0.29) is 18.2 Å². The van der Waals surface area contributed by atoms with E-state index in [1.165, 1.54) is 28.2 Å². The Hall–Kier alpha value is -3.64. The molecule has 3 heterocycles. The van der Waals surface area contributed by atoms with Crippen molar-refractivity contribution >= 4 is 23.0 Å². The quantitative estimate of drug-likeness (QED) is 0.299. The first-order chi connectivity index (χ1) is 17.3. The minimum Gasteiger partial charge on any atom is -0.491 e. The summed E-state index contributed by atoms with van der Waals surface area (Å²) in [4.78, 5) is 6.92. The van der Waals surface area contributed by atoms with Gasteiger partial charge in [0.1, 0.15) is 5.75 Å². The standard InChI is InChI=1S/C30H32N4OS/c1-19(2)35-25-14-12-23(13-15-25)34-29(28(32-30(34)36)27-11-6-7-16-31-27)26-18-21(4)33(22(26)5)24-10-8-9-20(3)17-24/h6-19,28-29H,1-5H3,(H,32,36)/t28-,29-/m1/s1. The molecular formula is C30H32N4OS. The first-order valence-electron chi connectivity index (χ1n) is 12.4. The molecule has 4 aromatic rings. The van der Waals surface area contributed by atoms with Gasteiger partial charge >= 0.3 is 0 Å². The number of ether oxygens (including phenoxy) is 1. The van der Waals surface area contributed by atoms with E-state index >= 15 is 0 Å². The SMILES string of the molecule is Cc1cccc(-n2c(C)cc([C@@H]3[C@@H](c4ccccn4)NC(=S)N3c3ccc(OC(C)C)cc3)c2C)c1. The lowest BCUT2D eigenvalue weighted by Gasteiger charge is -2.28. The fourth-order valence-electron chi connectivity index (χ4n) is 5.16. The predicted molar refractivity (Wildman–Crippen MR) is 150 cm³/mol. The van der Waals surface area contributed by atoms with Crippen molar-refractivity contribution in [3.63, 3.8) is 0 Å². The number of anilines is 1. The summed E-state index contributed by atoms with van der Waals surface area (Å²) in [5, 5.41) is 4.26. The predicted octanol–water partition coefficient (Wildman–Crippen LogP) is 6.76. The van der Waals surface area contributed by atoms with E-state index in [1.807, 2.05) is 44.3 Å². The van der Waals surface area contributed by atoms with Crippen molar-refractivity contribution in [3.8, 4) is 11.4 Å². The van der Waals surface area contributed by atoms with E-state index in [0.717, 1.165) is 17.1 Å². The summed E-state index contributed by atoms with van der Waals surface area (Å²) >= 11 is 5.92. The largest absolute Gasteiger partial charge is 0.491 e. The average Bonchev–Trinajstić information content (AvgIpc) is 3.35. The molecule has 1 aliphatic rings. The first-order valence-corrected chi connectivity index (χ1v) is 12.8. The highest BCUT2D eigenvalue weighted by Gasteiger charge is 2.42. The van der Waals surface area contributed by atoms with Crippen molar-refractivity contribution in [2.45, 2.75) is 52.8 Å². The van der Waals surface area contributed by atoms with Gasteiger partial charge in [0.15, 0.2) is 5.11 Å². The van der Waals surface area contributed by atoms with Crippen LogP contribution in [0.1, 0.15) is 54.1 Å². The van der Waals surface area contributed by atoms with Crippen LogP contribution in [-0.2, 0) is 0 Å². The molecule has 0 bridgehead atoms. The van der Waals surface area contributed by atoms with Gasteiger partial charge in [-0.1, -0.05) is 18.2 Å². The van der Waals surface area contributed by atoms with Crippen molar-refractivity contribution in [2.75, 3.05) is 4.90 Å². The molecule has 0 aliphatic carbocycles. The normalized spacial score (nSPS) is 17.5. The van der Waals surface area contributed by atoms with Gasteiger partial charge in [-0.25, -0.2) is 0 Å². The number of aromatic nitrogens is 2. The smallest absolute Gasteiger partial charge is 0.174 e. The van der Waals surface area contributed by atoms with Crippen LogP contribution in [0.3, 0.4) is 0 Å². The molecular weight excluding hydrogens is 464 g/mol. The molecule has 1 aliphatic heterocycles. The van der Waals surface area contributed by atoms with Gasteiger partial charge in [0, 0.05) is 29.0 Å². The third-order valence-corrected chi connectivity index (χ3v) is 6.95. The highest BCUT2D eigenvalue weighted by molar-refractivity contribution is 7.80. The number of thiocarbonyl (C=S) groups is 1. The van der Waals surface area contributed by atoms with E-state index in [9.17, 15) is 0 Å². The Morgan fingerprint density at radius 3 is 2.36 bits per heavy atom. The molecule has 0 unspecified atom stereocenters. The van der Waals surface area contributed by atoms with E-state index < -0.39 is 0 Å². The molecule has 2 atom stereocenters. The number of nitrogens with zero attached hydrogens (tertiary/aromatic N) is 3. The second-order valence-electron chi connectivity index (χ2n) is 9.66. The van der Waals surface area contributed by atoms with Crippen LogP contribution >= 0.6 is 12.2 Å². The van der Waals surface area contributed by atoms with Crippen molar-refractivity contribution < 1.29 is 4.74 Å². The lowest BCUT2D eigenvalue weighted by Crippen LogP contribution is -2.29. The second-order valence-corrected chi connectivity index (χ2v) is 10.0. The molecule has 0 spiro atoms. The molecule has 5 nitrogen and oxygen atoms in total. The third kappa shape index (κ3) is 4.49. The summed E-state index contributed by atoms with van der Waals surface area (Å²) in [6.45, 7) is 10.6. The minimum absolute atomic E-state index is 0.0611. The molecule has 0 radical (unpaired) electrons. The van der Waals surface area contributed by atoms with Crippen molar-refractivity contribution in [2.24, 2.45) is 0 Å². The van der Waals surface area contributed by atoms with Gasteiger partial charge in [0.2, 0.25) is 0 Å². The number of benzene rings is 2. The van der Waals surface area contributed by atoms with Crippen molar-refractivity contribution in [3.05, 3.63) is 107 Å². The maximum Gasteiger partial charge on any atom is 0.174 e. The Morgan fingerprint density at radius 2 is 1.69 bits per heavy atom. The van der Waals surface area contributed by atoms with Crippen molar-refractivity contribution in [1.29, 1.82) is 0 Å². The minimum atomic E-state index is -0.0863. The average molecular weight is 497 g/mol. The first kappa shape index (κ1) is 24.1. The van der Waals surface area contributed by atoms with Crippen LogP contribution in [0.25, 0.3) is 5.69 Å². The Bertz CT molecular complexity index is 1380. The zero-order chi connectivity index (χ0) is 25.4. The summed E-state index contributed by atoms with van der Waals surface area (Å²) in [5.41, 5.74) is 7.99. The molecule has 1 saturated heterocycles. The van der Waals surface area contributed by atoms with Crippen LogP contribution < -0.4 is 15.0 Å². The van der Waals surface area contributed by atoms with E-state index in [2.05, 4.69) is 84.1 Å². The maximum atomic E-state index is 5.92. The van der Waals surface area contributed by atoms with Gasteiger partial charge in [0.05, 0.1) is 23.9 Å². The third-order valence-electron chi connectivity index (χ3n) is 6.63. The zero-order valence-corrected chi connectivity index (χ0v) is 22.2. The summed E-state index contributed by atoms with van der Waals surface area (Å²) in [7, 11) is 0. The Labute approximate surface area is 218 Å². The molecule has 184 valence electrons. The van der Waals surface area contributed by atoms with Crippen LogP contribution in [0.15, 0.2) is 79.0 Å². The molecule has 1 N–H and O–H groups in total. The molecule has 5 rings (SSSR count). The number of hydrogen-bond acceptors (Lipinski definition) is 3. The monoisotopic (exact) mass is 496 g/mol. The summed E-state index contributed by atoms with van der Waals surface area (Å²) in [5.74, 6) is 0.849. The van der Waals surface area contributed by atoms with E-state index in [0.29, 0.717) is 5.11 Å². The second kappa shape index (κ2) is 9.78. The maximum absolute atomic E-state index is 5.92. The van der Waals surface area contributed by atoms with Gasteiger partial charge < -0.3 is 19.5 Å². The number of nitrogens with one attached hydrogen (secondary N) is 1. The van der Waals surface area contributed by atoms with Crippen LogP contribution in [0.5, 0.6) is 5.75 Å². The fraction of sp³-hybridized carbons (Fsp3) is 0.267. The molecule has 0 amide bonds. The van der Waals surface area contributed by atoms with Gasteiger partial charge in [0.25, 0.3) is 0 Å². The number of pyridine rings is 1. The fourth-order valence-corrected chi connectivity index (χ4v) is 5.50. The highest BCUT2D eigenvalue weighted by atomic mass is 32.1. The molecule has 0 saturated carbocycles. The van der Waals surface area contributed by atoms with Crippen LogP contribution in [0.4, 0.5) is 5.69 Å². The molecule has 2 aromatic carbocycles. The topological polar surface area (TPSA) is 42.3 Å². The van der Waals surface area contributed by atoms with Gasteiger partial charge in [-0.05, 0) is 113 Å². The van der Waals surface area contributed by atoms with E-state index in [4.69, 9.17) is 21.9 Å². The number of aryl methyl sites for hydroxylation is 2. The summed E-state index contributed by atoms with van der Waals surface area (Å²) in [6, 6.07) is 25.0. The van der Waals surface area contributed by atoms with Gasteiger partial charge in [-0.2, -0.15) is 0 Å². The van der Waals surface area contributed by atoms with Crippen LogP contribution in [0.2, 0.25) is 0 Å². The van der Waals surface area contributed by atoms with Crippen LogP contribution in [-0.4, -0.2) is 20.8 Å². The summed E-state index contributed by atoms with van der Waals surface area (Å²) in [6.07, 6.45) is 1.96.